The van der Waals surface area contributed by atoms with Crippen molar-refractivity contribution in [3.8, 4) is 5.75 Å². The van der Waals surface area contributed by atoms with E-state index in [4.69, 9.17) is 22.2 Å². The summed E-state index contributed by atoms with van der Waals surface area (Å²) < 4.78 is 5.61. The number of nitrogen functional groups attached to an aromatic ring is 1. The van der Waals surface area contributed by atoms with Crippen molar-refractivity contribution in [3.63, 3.8) is 0 Å². The van der Waals surface area contributed by atoms with Crippen LogP contribution in [0.15, 0.2) is 23.3 Å². The molecule has 6 heteroatoms. The second-order valence-electron chi connectivity index (χ2n) is 3.74. The number of hydrazine groups is 1. The first-order chi connectivity index (χ1) is 7.65. The summed E-state index contributed by atoms with van der Waals surface area (Å²) in [5, 5.41) is 5.19. The van der Waals surface area contributed by atoms with Crippen molar-refractivity contribution in [3.05, 3.63) is 23.8 Å². The number of fused-ring (bicyclic) bond motifs is 1. The van der Waals surface area contributed by atoms with Crippen molar-refractivity contribution in [1.82, 2.24) is 5.01 Å². The third-order valence-corrected chi connectivity index (χ3v) is 2.60. The van der Waals surface area contributed by atoms with E-state index in [1.807, 2.05) is 19.1 Å². The number of ether oxygens (including phenoxy) is 1. The molecule has 86 valence electrons. The topological polar surface area (TPSA) is 103 Å². The summed E-state index contributed by atoms with van der Waals surface area (Å²) in [6.07, 6.45) is 0. The zero-order valence-corrected chi connectivity index (χ0v) is 9.05. The van der Waals surface area contributed by atoms with Gasteiger partial charge in [-0.3, -0.25) is 5.01 Å². The Bertz CT molecular complexity index is 431. The van der Waals surface area contributed by atoms with E-state index in [0.29, 0.717) is 29.4 Å². The molecule has 1 aliphatic heterocycles. The van der Waals surface area contributed by atoms with Crippen LogP contribution in [-0.2, 0) is 0 Å². The number of amidine groups is 1. The summed E-state index contributed by atoms with van der Waals surface area (Å²) >= 11 is 0. The fourth-order valence-corrected chi connectivity index (χ4v) is 1.66. The van der Waals surface area contributed by atoms with Crippen LogP contribution in [0.3, 0.4) is 0 Å². The van der Waals surface area contributed by atoms with E-state index in [9.17, 15) is 0 Å². The maximum Gasteiger partial charge on any atom is 0.173 e. The van der Waals surface area contributed by atoms with Crippen molar-refractivity contribution in [1.29, 1.82) is 0 Å². The summed E-state index contributed by atoms with van der Waals surface area (Å²) in [7, 11) is 0. The van der Waals surface area contributed by atoms with Crippen LogP contribution in [-0.4, -0.2) is 23.5 Å². The molecule has 1 aliphatic rings. The molecule has 1 atom stereocenters. The second-order valence-corrected chi connectivity index (χ2v) is 3.74. The summed E-state index contributed by atoms with van der Waals surface area (Å²) in [6, 6.07) is 5.39. The summed E-state index contributed by atoms with van der Waals surface area (Å²) in [5.41, 5.74) is 7.11. The van der Waals surface area contributed by atoms with Gasteiger partial charge >= 0.3 is 0 Å². The standard InChI is InChI=1S/C10H15N5O/c1-6-5-16-9-7(3-2-4-8(9)11)10(14-12)15(6)13/h2-4,6H,5,11-13H2,1H3/b14-10-. The van der Waals surface area contributed by atoms with Crippen molar-refractivity contribution < 1.29 is 4.74 Å². The predicted molar refractivity (Wildman–Crippen MR) is 62.6 cm³/mol. The number of rotatable bonds is 0. The Labute approximate surface area is 93.6 Å². The molecular formula is C10H15N5O. The van der Waals surface area contributed by atoms with Crippen LogP contribution in [0.2, 0.25) is 0 Å². The molecule has 0 radical (unpaired) electrons. The van der Waals surface area contributed by atoms with E-state index in [1.54, 1.807) is 6.07 Å². The molecule has 16 heavy (non-hydrogen) atoms. The first-order valence-electron chi connectivity index (χ1n) is 4.98. The van der Waals surface area contributed by atoms with Gasteiger partial charge in [0.2, 0.25) is 0 Å². The molecule has 0 saturated carbocycles. The van der Waals surface area contributed by atoms with Gasteiger partial charge in [-0.15, -0.1) is 0 Å². The van der Waals surface area contributed by atoms with Crippen LogP contribution in [0, 0.1) is 0 Å². The molecule has 6 N–H and O–H groups in total. The fraction of sp³-hybridized carbons (Fsp3) is 0.300. The number of hydrogen-bond acceptors (Lipinski definition) is 5. The monoisotopic (exact) mass is 221 g/mol. The van der Waals surface area contributed by atoms with Gasteiger partial charge in [-0.25, -0.2) is 5.84 Å². The molecule has 1 aromatic carbocycles. The van der Waals surface area contributed by atoms with Gasteiger partial charge in [-0.1, -0.05) is 6.07 Å². The predicted octanol–water partition coefficient (Wildman–Crippen LogP) is -0.154. The summed E-state index contributed by atoms with van der Waals surface area (Å²) in [6.45, 7) is 2.37. The molecule has 0 saturated heterocycles. The van der Waals surface area contributed by atoms with Gasteiger partial charge in [0, 0.05) is 0 Å². The van der Waals surface area contributed by atoms with E-state index in [0.717, 1.165) is 0 Å². The van der Waals surface area contributed by atoms with Crippen LogP contribution < -0.4 is 22.2 Å². The Balaban J connectivity index is 2.58. The van der Waals surface area contributed by atoms with Crippen LogP contribution >= 0.6 is 0 Å². The van der Waals surface area contributed by atoms with E-state index in [-0.39, 0.29) is 6.04 Å². The highest BCUT2D eigenvalue weighted by atomic mass is 16.5. The molecule has 6 nitrogen and oxygen atoms in total. The van der Waals surface area contributed by atoms with Gasteiger partial charge < -0.3 is 16.3 Å². The lowest BCUT2D eigenvalue weighted by atomic mass is 10.1. The number of para-hydroxylation sites is 1. The number of anilines is 1. The number of benzene rings is 1. The Morgan fingerprint density at radius 1 is 1.50 bits per heavy atom. The van der Waals surface area contributed by atoms with Crippen molar-refractivity contribution in [2.24, 2.45) is 16.8 Å². The first-order valence-corrected chi connectivity index (χ1v) is 4.98. The van der Waals surface area contributed by atoms with Gasteiger partial charge in [-0.2, -0.15) is 5.10 Å². The van der Waals surface area contributed by atoms with E-state index in [1.165, 1.54) is 5.01 Å². The minimum Gasteiger partial charge on any atom is -0.488 e. The lowest BCUT2D eigenvalue weighted by molar-refractivity contribution is 0.222. The van der Waals surface area contributed by atoms with Gasteiger partial charge in [0.1, 0.15) is 6.61 Å². The smallest absolute Gasteiger partial charge is 0.173 e. The largest absolute Gasteiger partial charge is 0.488 e. The number of hydrogen-bond donors (Lipinski definition) is 3. The third kappa shape index (κ3) is 1.53. The van der Waals surface area contributed by atoms with Crippen LogP contribution in [0.5, 0.6) is 5.75 Å². The molecule has 1 heterocycles. The molecule has 0 spiro atoms. The van der Waals surface area contributed by atoms with E-state index in [2.05, 4.69) is 5.10 Å². The highest BCUT2D eigenvalue weighted by molar-refractivity contribution is 6.02. The molecule has 1 aromatic rings. The Hall–Kier alpha value is -1.95. The zero-order chi connectivity index (χ0) is 11.7. The van der Waals surface area contributed by atoms with Crippen molar-refractivity contribution in [2.75, 3.05) is 12.3 Å². The molecular weight excluding hydrogens is 206 g/mol. The van der Waals surface area contributed by atoms with E-state index >= 15 is 0 Å². The van der Waals surface area contributed by atoms with Gasteiger partial charge in [0.15, 0.2) is 11.6 Å². The summed E-state index contributed by atoms with van der Waals surface area (Å²) in [5.74, 6) is 12.3. The molecule has 0 bridgehead atoms. The maximum absolute atomic E-state index is 5.90. The number of nitrogens with zero attached hydrogens (tertiary/aromatic N) is 2. The third-order valence-electron chi connectivity index (χ3n) is 2.60. The van der Waals surface area contributed by atoms with Gasteiger partial charge in [0.05, 0.1) is 17.3 Å². The summed E-state index contributed by atoms with van der Waals surface area (Å²) in [4.78, 5) is 0. The molecule has 0 aromatic heterocycles. The normalized spacial score (nSPS) is 22.5. The highest BCUT2D eigenvalue weighted by Gasteiger charge is 2.25. The van der Waals surface area contributed by atoms with E-state index < -0.39 is 0 Å². The van der Waals surface area contributed by atoms with Crippen molar-refractivity contribution >= 4 is 11.5 Å². The van der Waals surface area contributed by atoms with Crippen molar-refractivity contribution in [2.45, 2.75) is 13.0 Å². The Kier molecular flexibility index (Phi) is 2.57. The minimum absolute atomic E-state index is 0.0194. The maximum atomic E-state index is 5.90. The number of nitrogens with two attached hydrogens (primary N) is 3. The van der Waals surface area contributed by atoms with Gasteiger partial charge in [0.25, 0.3) is 0 Å². The lowest BCUT2D eigenvalue weighted by Gasteiger charge is -2.22. The zero-order valence-electron chi connectivity index (χ0n) is 9.05. The SMILES string of the molecule is CC1COc2c(N)cccc2/C(=N/N)N1N. The molecule has 2 rings (SSSR count). The van der Waals surface area contributed by atoms with Crippen LogP contribution in [0.4, 0.5) is 5.69 Å². The highest BCUT2D eigenvalue weighted by Crippen LogP contribution is 2.29. The van der Waals surface area contributed by atoms with Crippen LogP contribution in [0.1, 0.15) is 12.5 Å². The lowest BCUT2D eigenvalue weighted by Crippen LogP contribution is -2.46. The molecule has 0 aliphatic carbocycles. The Morgan fingerprint density at radius 2 is 2.25 bits per heavy atom. The van der Waals surface area contributed by atoms with Crippen LogP contribution in [0.25, 0.3) is 0 Å². The fourth-order valence-electron chi connectivity index (χ4n) is 1.66. The molecule has 0 amide bonds. The minimum atomic E-state index is -0.0194. The van der Waals surface area contributed by atoms with Gasteiger partial charge in [-0.05, 0) is 19.1 Å². The first kappa shape index (κ1) is 10.6. The second kappa shape index (κ2) is 3.90. The molecule has 1 unspecified atom stereocenters. The average molecular weight is 221 g/mol. The Morgan fingerprint density at radius 3 is 2.94 bits per heavy atom. The quantitative estimate of drug-likeness (QED) is 0.321. The average Bonchev–Trinajstić information content (AvgIpc) is 2.39. The molecule has 0 fully saturated rings. The number of hydrazone groups is 1.